The van der Waals surface area contributed by atoms with Crippen LogP contribution in [0.25, 0.3) is 27.8 Å². The van der Waals surface area contributed by atoms with Crippen molar-refractivity contribution in [1.29, 1.82) is 0 Å². The topological polar surface area (TPSA) is 110 Å². The number of rotatable bonds is 6. The summed E-state index contributed by atoms with van der Waals surface area (Å²) in [6, 6.07) is 9.99. The van der Waals surface area contributed by atoms with E-state index in [4.69, 9.17) is 10.5 Å². The van der Waals surface area contributed by atoms with Gasteiger partial charge in [-0.1, -0.05) is 17.3 Å². The van der Waals surface area contributed by atoms with E-state index < -0.39 is 0 Å². The summed E-state index contributed by atoms with van der Waals surface area (Å²) in [5.74, 6) is 0.610. The number of hydrogen-bond acceptors (Lipinski definition) is 7. The number of hydrogen-bond donors (Lipinski definition) is 1. The average molecular weight is 456 g/mol. The van der Waals surface area contributed by atoms with Crippen molar-refractivity contribution in [3.05, 3.63) is 72.8 Å². The Morgan fingerprint density at radius 2 is 1.94 bits per heavy atom. The first-order valence-electron chi connectivity index (χ1n) is 11.0. The fourth-order valence-electron chi connectivity index (χ4n) is 3.95. The van der Waals surface area contributed by atoms with Crippen molar-refractivity contribution in [2.24, 2.45) is 0 Å². The van der Waals surface area contributed by atoms with Crippen LogP contribution in [0.1, 0.15) is 31.5 Å². The van der Waals surface area contributed by atoms with Crippen molar-refractivity contribution in [1.82, 2.24) is 34.5 Å². The minimum absolute atomic E-state index is 0.253. The second-order valence-corrected chi connectivity index (χ2v) is 8.33. The van der Waals surface area contributed by atoms with Crippen LogP contribution in [0.5, 0.6) is 5.88 Å². The van der Waals surface area contributed by atoms with E-state index in [0.29, 0.717) is 28.7 Å². The Morgan fingerprint density at radius 1 is 1.09 bits per heavy atom. The molecule has 0 radical (unpaired) electrons. The van der Waals surface area contributed by atoms with Gasteiger partial charge in [-0.25, -0.2) is 24.0 Å². The maximum absolute atomic E-state index is 14.2. The number of nitrogen functional groups attached to an aromatic ring is 1. The Bertz CT molecular complexity index is 1490. The van der Waals surface area contributed by atoms with Gasteiger partial charge < -0.3 is 15.0 Å². The van der Waals surface area contributed by atoms with Crippen LogP contribution in [0.2, 0.25) is 0 Å². The Morgan fingerprint density at radius 3 is 2.71 bits per heavy atom. The van der Waals surface area contributed by atoms with Crippen LogP contribution < -0.4 is 10.5 Å². The van der Waals surface area contributed by atoms with Gasteiger partial charge in [-0.3, -0.25) is 0 Å². The van der Waals surface area contributed by atoms with Crippen molar-refractivity contribution >= 4 is 16.9 Å². The molecule has 1 saturated carbocycles. The summed E-state index contributed by atoms with van der Waals surface area (Å²) < 4.78 is 23.4. The van der Waals surface area contributed by atoms with Crippen molar-refractivity contribution in [2.45, 2.75) is 31.9 Å². The van der Waals surface area contributed by atoms with Crippen molar-refractivity contribution in [2.75, 3.05) is 5.73 Å². The van der Waals surface area contributed by atoms with Crippen LogP contribution in [0.3, 0.4) is 0 Å². The smallest absolute Gasteiger partial charge is 0.213 e. The summed E-state index contributed by atoms with van der Waals surface area (Å²) >= 11 is 0. The van der Waals surface area contributed by atoms with Gasteiger partial charge in [0.25, 0.3) is 0 Å². The molecule has 4 heterocycles. The van der Waals surface area contributed by atoms with Gasteiger partial charge >= 0.3 is 0 Å². The number of para-hydroxylation sites is 1. The van der Waals surface area contributed by atoms with Gasteiger partial charge in [0.15, 0.2) is 0 Å². The predicted molar refractivity (Wildman–Crippen MR) is 124 cm³/mol. The molecule has 1 fully saturated rings. The molecule has 4 aromatic heterocycles. The van der Waals surface area contributed by atoms with Crippen molar-refractivity contribution < 1.29 is 9.13 Å². The molecule has 1 atom stereocenters. The molecule has 1 aliphatic rings. The van der Waals surface area contributed by atoms with E-state index in [0.717, 1.165) is 29.4 Å². The molecule has 6 rings (SSSR count). The molecule has 2 N–H and O–H groups in total. The highest BCUT2D eigenvalue weighted by molar-refractivity contribution is 6.00. The second-order valence-electron chi connectivity index (χ2n) is 8.33. The maximum atomic E-state index is 14.2. The summed E-state index contributed by atoms with van der Waals surface area (Å²) in [7, 11) is 0. The molecule has 9 nitrogen and oxygen atoms in total. The fraction of sp³-hybridized carbons (Fsp3) is 0.208. The molecule has 1 aliphatic carbocycles. The molecule has 0 bridgehead atoms. The number of ether oxygens (including phenoxy) is 1. The molecule has 0 spiro atoms. The van der Waals surface area contributed by atoms with Crippen LogP contribution in [0, 0.1) is 5.82 Å². The third-order valence-electron chi connectivity index (χ3n) is 5.95. The van der Waals surface area contributed by atoms with Crippen molar-refractivity contribution in [3.8, 4) is 22.7 Å². The third-order valence-corrected chi connectivity index (χ3v) is 5.95. The number of halogens is 1. The van der Waals surface area contributed by atoms with Gasteiger partial charge in [-0.2, -0.15) is 0 Å². The molecule has 0 saturated heterocycles. The molecule has 0 aliphatic heterocycles. The minimum atomic E-state index is -0.373. The number of pyridine rings is 1. The number of benzene rings is 1. The molecular weight excluding hydrogens is 435 g/mol. The lowest BCUT2D eigenvalue weighted by Gasteiger charge is -2.11. The maximum Gasteiger partial charge on any atom is 0.213 e. The largest absolute Gasteiger partial charge is 0.474 e. The molecule has 10 heteroatoms. The minimum Gasteiger partial charge on any atom is -0.474 e. The Balaban J connectivity index is 1.40. The quantitative estimate of drug-likeness (QED) is 0.412. The van der Waals surface area contributed by atoms with E-state index in [1.807, 2.05) is 29.8 Å². The Hall–Kier alpha value is -4.34. The van der Waals surface area contributed by atoms with Gasteiger partial charge in [0.2, 0.25) is 5.88 Å². The molecule has 5 aromatic rings. The number of nitrogens with two attached hydrogens (primary N) is 1. The average Bonchev–Trinajstić information content (AvgIpc) is 3.37. The molecule has 1 unspecified atom stereocenters. The standard InChI is InChI=1S/C24H21FN8O/c1-14(19-12-33(31-30-19)20-5-3-2-4-18(20)25)32-11-17(22-23(26)28-13-29-24(22)32)15-6-9-21(27-10-15)34-16-7-8-16/h2-6,9-14,16H,7-8H2,1H3,(H2,26,28,29). The van der Waals surface area contributed by atoms with Crippen molar-refractivity contribution in [3.63, 3.8) is 0 Å². The van der Waals surface area contributed by atoms with E-state index in [9.17, 15) is 4.39 Å². The lowest BCUT2D eigenvalue weighted by molar-refractivity contribution is 0.291. The first-order chi connectivity index (χ1) is 16.6. The van der Waals surface area contributed by atoms with Gasteiger partial charge in [0.1, 0.15) is 41.1 Å². The van der Waals surface area contributed by atoms with E-state index in [2.05, 4.69) is 25.3 Å². The van der Waals surface area contributed by atoms with Crippen LogP contribution >= 0.6 is 0 Å². The first kappa shape index (κ1) is 20.3. The third kappa shape index (κ3) is 3.53. The van der Waals surface area contributed by atoms with E-state index >= 15 is 0 Å². The highest BCUT2D eigenvalue weighted by Crippen LogP contribution is 2.36. The summed E-state index contributed by atoms with van der Waals surface area (Å²) in [5.41, 5.74) is 9.63. The monoisotopic (exact) mass is 456 g/mol. The summed E-state index contributed by atoms with van der Waals surface area (Å²) in [6.45, 7) is 1.97. The lowest BCUT2D eigenvalue weighted by Crippen LogP contribution is -2.07. The van der Waals surface area contributed by atoms with Crippen LogP contribution in [-0.4, -0.2) is 40.6 Å². The Labute approximate surface area is 194 Å². The first-order valence-corrected chi connectivity index (χ1v) is 11.0. The SMILES string of the molecule is CC(c1cn(-c2ccccc2F)nn1)n1cc(-c2ccc(OC3CC3)nc2)c2c(N)ncnc21. The summed E-state index contributed by atoms with van der Waals surface area (Å²) in [4.78, 5) is 13.1. The molecule has 170 valence electrons. The highest BCUT2D eigenvalue weighted by atomic mass is 19.1. The molecule has 34 heavy (non-hydrogen) atoms. The van der Waals surface area contributed by atoms with E-state index in [-0.39, 0.29) is 18.0 Å². The lowest BCUT2D eigenvalue weighted by atomic mass is 10.1. The second kappa shape index (κ2) is 7.91. The van der Waals surface area contributed by atoms with Crippen LogP contribution in [-0.2, 0) is 0 Å². The number of anilines is 1. The van der Waals surface area contributed by atoms with Gasteiger partial charge in [-0.05, 0) is 38.0 Å². The summed E-state index contributed by atoms with van der Waals surface area (Å²) in [6.07, 6.45) is 9.30. The van der Waals surface area contributed by atoms with Gasteiger partial charge in [-0.15, -0.1) is 5.10 Å². The molecular formula is C24H21FN8O. The Kier molecular flexibility index (Phi) is 4.72. The highest BCUT2D eigenvalue weighted by Gasteiger charge is 2.24. The van der Waals surface area contributed by atoms with Crippen LogP contribution in [0.15, 0.2) is 61.3 Å². The number of aromatic nitrogens is 7. The van der Waals surface area contributed by atoms with E-state index in [1.165, 1.54) is 17.1 Å². The zero-order valence-electron chi connectivity index (χ0n) is 18.3. The predicted octanol–water partition coefficient (Wildman–Crippen LogP) is 3.95. The number of fused-ring (bicyclic) bond motifs is 1. The fourth-order valence-corrected chi connectivity index (χ4v) is 3.95. The number of nitrogens with zero attached hydrogens (tertiary/aromatic N) is 7. The molecule has 1 aromatic carbocycles. The zero-order chi connectivity index (χ0) is 23.2. The van der Waals surface area contributed by atoms with E-state index in [1.54, 1.807) is 30.6 Å². The van der Waals surface area contributed by atoms with Crippen LogP contribution in [0.4, 0.5) is 10.2 Å². The van der Waals surface area contributed by atoms with Gasteiger partial charge in [0, 0.05) is 29.6 Å². The van der Waals surface area contributed by atoms with Gasteiger partial charge in [0.05, 0.1) is 17.6 Å². The summed E-state index contributed by atoms with van der Waals surface area (Å²) in [5, 5.41) is 9.15. The zero-order valence-corrected chi connectivity index (χ0v) is 18.3. The molecule has 0 amide bonds. The normalized spacial score (nSPS) is 14.4.